The molecule has 1 aliphatic heterocycles. The summed E-state index contributed by atoms with van der Waals surface area (Å²) in [5.74, 6) is -0.0518. The van der Waals surface area contributed by atoms with Crippen molar-refractivity contribution in [2.24, 2.45) is 11.8 Å². The van der Waals surface area contributed by atoms with Crippen molar-refractivity contribution in [1.82, 2.24) is 5.32 Å². The normalized spacial score (nSPS) is 27.1. The molecule has 2 amide bonds. The van der Waals surface area contributed by atoms with Crippen molar-refractivity contribution in [3.63, 3.8) is 0 Å². The monoisotopic (exact) mass is 392 g/mol. The van der Waals surface area contributed by atoms with Gasteiger partial charge < -0.3 is 10.6 Å². The quantitative estimate of drug-likeness (QED) is 0.823. The zero-order valence-corrected chi connectivity index (χ0v) is 16.8. The number of hydrogen-bond donors (Lipinski definition) is 2. The van der Waals surface area contributed by atoms with E-state index >= 15 is 0 Å². The molecule has 1 aliphatic carbocycles. The maximum Gasteiger partial charge on any atom is 0.227 e. The average molecular weight is 393 g/mol. The molecule has 148 valence electrons. The Hall–Kier alpha value is -1.89. The van der Waals surface area contributed by atoms with E-state index in [0.29, 0.717) is 32.1 Å². The minimum atomic E-state index is -3.00. The zero-order valence-electron chi connectivity index (χ0n) is 16.0. The Morgan fingerprint density at radius 3 is 2.19 bits per heavy atom. The van der Waals surface area contributed by atoms with E-state index in [1.807, 2.05) is 32.0 Å². The van der Waals surface area contributed by atoms with Gasteiger partial charge in [-0.2, -0.15) is 0 Å². The van der Waals surface area contributed by atoms with Crippen molar-refractivity contribution >= 4 is 27.3 Å². The highest BCUT2D eigenvalue weighted by Gasteiger charge is 2.33. The van der Waals surface area contributed by atoms with Crippen molar-refractivity contribution in [3.8, 4) is 0 Å². The van der Waals surface area contributed by atoms with Crippen molar-refractivity contribution in [2.75, 3.05) is 16.8 Å². The fraction of sp³-hybridized carbons (Fsp3) is 0.600. The first kappa shape index (κ1) is 19.9. The van der Waals surface area contributed by atoms with E-state index in [2.05, 4.69) is 10.6 Å². The highest BCUT2D eigenvalue weighted by atomic mass is 32.2. The Labute approximate surface area is 161 Å². The van der Waals surface area contributed by atoms with Gasteiger partial charge in [0.05, 0.1) is 11.5 Å². The summed E-state index contributed by atoms with van der Waals surface area (Å²) in [6, 6.07) is 5.61. The lowest BCUT2D eigenvalue weighted by molar-refractivity contribution is -0.129. The summed E-state index contributed by atoms with van der Waals surface area (Å²) in [4.78, 5) is 25.0. The Morgan fingerprint density at radius 2 is 1.59 bits per heavy atom. The fourth-order valence-corrected chi connectivity index (χ4v) is 5.64. The molecular weight excluding hydrogens is 364 g/mol. The highest BCUT2D eigenvalue weighted by molar-refractivity contribution is 7.91. The summed E-state index contributed by atoms with van der Waals surface area (Å²) in [7, 11) is -3.00. The second-order valence-electron chi connectivity index (χ2n) is 7.89. The molecule has 2 N–H and O–H groups in total. The van der Waals surface area contributed by atoms with Crippen LogP contribution in [0.1, 0.15) is 43.2 Å². The minimum absolute atomic E-state index is 0.0180. The van der Waals surface area contributed by atoms with Gasteiger partial charge in [-0.3, -0.25) is 9.59 Å². The van der Waals surface area contributed by atoms with Crippen LogP contribution in [-0.4, -0.2) is 37.8 Å². The van der Waals surface area contributed by atoms with Crippen LogP contribution >= 0.6 is 0 Å². The average Bonchev–Trinajstić information content (AvgIpc) is 2.97. The minimum Gasteiger partial charge on any atom is -0.352 e. The molecule has 1 heterocycles. The summed E-state index contributed by atoms with van der Waals surface area (Å²) in [6.45, 7) is 4.01. The van der Waals surface area contributed by atoms with Gasteiger partial charge in [0.2, 0.25) is 11.8 Å². The summed E-state index contributed by atoms with van der Waals surface area (Å²) < 4.78 is 23.0. The highest BCUT2D eigenvalue weighted by Crippen LogP contribution is 2.31. The first-order chi connectivity index (χ1) is 12.7. The zero-order chi connectivity index (χ0) is 19.6. The third-order valence-electron chi connectivity index (χ3n) is 5.91. The molecule has 1 aromatic rings. The molecule has 1 saturated carbocycles. The molecule has 6 nitrogen and oxygen atoms in total. The molecule has 1 saturated heterocycles. The Morgan fingerprint density at radius 1 is 0.963 bits per heavy atom. The molecule has 7 heteroatoms. The van der Waals surface area contributed by atoms with E-state index in [-0.39, 0.29) is 41.2 Å². The molecule has 3 rings (SSSR count). The fourth-order valence-electron chi connectivity index (χ4n) is 3.97. The van der Waals surface area contributed by atoms with Crippen LogP contribution in [0.5, 0.6) is 0 Å². The lowest BCUT2D eigenvalue weighted by Gasteiger charge is -2.28. The molecule has 1 unspecified atom stereocenters. The van der Waals surface area contributed by atoms with Crippen LogP contribution in [0.4, 0.5) is 5.69 Å². The van der Waals surface area contributed by atoms with E-state index in [0.717, 1.165) is 16.8 Å². The number of amides is 2. The third kappa shape index (κ3) is 4.89. The molecule has 0 radical (unpaired) electrons. The number of nitrogens with one attached hydrogen (secondary N) is 2. The van der Waals surface area contributed by atoms with Gasteiger partial charge in [0.25, 0.3) is 0 Å². The van der Waals surface area contributed by atoms with Gasteiger partial charge in [0.1, 0.15) is 0 Å². The van der Waals surface area contributed by atoms with Gasteiger partial charge in [-0.05, 0) is 63.1 Å². The van der Waals surface area contributed by atoms with Crippen molar-refractivity contribution < 1.29 is 18.0 Å². The van der Waals surface area contributed by atoms with E-state index in [4.69, 9.17) is 0 Å². The van der Waals surface area contributed by atoms with Crippen LogP contribution in [-0.2, 0) is 19.4 Å². The Balaban J connectivity index is 1.49. The van der Waals surface area contributed by atoms with Crippen LogP contribution in [0.2, 0.25) is 0 Å². The lowest BCUT2D eigenvalue weighted by Crippen LogP contribution is -2.41. The van der Waals surface area contributed by atoms with Gasteiger partial charge >= 0.3 is 0 Å². The van der Waals surface area contributed by atoms with Crippen LogP contribution in [0.15, 0.2) is 18.2 Å². The molecule has 1 atom stereocenters. The first-order valence-corrected chi connectivity index (χ1v) is 11.4. The van der Waals surface area contributed by atoms with E-state index < -0.39 is 9.84 Å². The van der Waals surface area contributed by atoms with Crippen LogP contribution in [0.25, 0.3) is 0 Å². The van der Waals surface area contributed by atoms with Gasteiger partial charge in [-0.1, -0.05) is 12.1 Å². The predicted molar refractivity (Wildman–Crippen MR) is 105 cm³/mol. The van der Waals surface area contributed by atoms with Crippen LogP contribution in [0.3, 0.4) is 0 Å². The van der Waals surface area contributed by atoms with E-state index in [1.165, 1.54) is 0 Å². The van der Waals surface area contributed by atoms with Gasteiger partial charge in [-0.25, -0.2) is 8.42 Å². The number of rotatable bonds is 4. The summed E-state index contributed by atoms with van der Waals surface area (Å²) in [5, 5.41) is 5.91. The van der Waals surface area contributed by atoms with E-state index in [1.54, 1.807) is 0 Å². The summed E-state index contributed by atoms with van der Waals surface area (Å²) in [6.07, 6.45) is 3.18. The topological polar surface area (TPSA) is 92.3 Å². The maximum atomic E-state index is 12.6. The van der Waals surface area contributed by atoms with Crippen LogP contribution < -0.4 is 10.6 Å². The van der Waals surface area contributed by atoms with E-state index in [9.17, 15) is 18.0 Å². The van der Waals surface area contributed by atoms with Gasteiger partial charge in [0, 0.05) is 23.6 Å². The second-order valence-corrected chi connectivity index (χ2v) is 10.1. The number of carbonyl (C=O) groups is 2. The molecule has 0 bridgehead atoms. The predicted octanol–water partition coefficient (Wildman–Crippen LogP) is 2.35. The number of aryl methyl sites for hydroxylation is 1. The summed E-state index contributed by atoms with van der Waals surface area (Å²) in [5.41, 5.74) is 3.06. The summed E-state index contributed by atoms with van der Waals surface area (Å²) >= 11 is 0. The number of benzene rings is 1. The molecule has 27 heavy (non-hydrogen) atoms. The number of carbonyl (C=O) groups excluding carboxylic acids is 2. The Kier molecular flexibility index (Phi) is 5.89. The first-order valence-electron chi connectivity index (χ1n) is 9.63. The molecule has 1 aromatic carbocycles. The molecular formula is C20H28N2O4S. The molecule has 0 spiro atoms. The number of anilines is 1. The Bertz CT molecular complexity index is 826. The lowest BCUT2D eigenvalue weighted by atomic mass is 9.81. The smallest absolute Gasteiger partial charge is 0.227 e. The van der Waals surface area contributed by atoms with Gasteiger partial charge in [-0.15, -0.1) is 0 Å². The SMILES string of the molecule is Cc1cccc(NC(=O)C2CCC(C(=O)NC3CCS(=O)(=O)C3)CC2)c1C. The third-order valence-corrected chi connectivity index (χ3v) is 7.68. The molecule has 2 aliphatic rings. The largest absolute Gasteiger partial charge is 0.352 e. The van der Waals surface area contributed by atoms with Gasteiger partial charge in [0.15, 0.2) is 9.84 Å². The standard InChI is InChI=1S/C20H28N2O4S/c1-13-4-3-5-18(14(13)2)22-20(24)16-8-6-15(7-9-16)19(23)21-17-10-11-27(25,26)12-17/h3-5,15-17H,6-12H2,1-2H3,(H,21,23)(H,22,24). The van der Waals surface area contributed by atoms with Crippen molar-refractivity contribution in [1.29, 1.82) is 0 Å². The second kappa shape index (κ2) is 8.00. The number of sulfone groups is 1. The molecule has 0 aromatic heterocycles. The van der Waals surface area contributed by atoms with Crippen molar-refractivity contribution in [3.05, 3.63) is 29.3 Å². The van der Waals surface area contributed by atoms with Crippen LogP contribution in [0, 0.1) is 25.7 Å². The van der Waals surface area contributed by atoms with Crippen molar-refractivity contribution in [2.45, 2.75) is 52.0 Å². The number of hydrogen-bond acceptors (Lipinski definition) is 4. The molecule has 2 fully saturated rings. The maximum absolute atomic E-state index is 12.6.